The number of rotatable bonds is 7. The van der Waals surface area contributed by atoms with E-state index >= 15 is 0 Å². The van der Waals surface area contributed by atoms with Crippen LogP contribution in [0.2, 0.25) is 0 Å². The van der Waals surface area contributed by atoms with Gasteiger partial charge >= 0.3 is 0 Å². The van der Waals surface area contributed by atoms with Crippen LogP contribution in [0.5, 0.6) is 5.88 Å². The minimum atomic E-state index is 0.522. The largest absolute Gasteiger partial charge is 0.473 e. The van der Waals surface area contributed by atoms with Crippen molar-refractivity contribution in [3.05, 3.63) is 65.4 Å². The number of hydrogen-bond acceptors (Lipinski definition) is 3. The number of nitrogens with zero attached hydrogens (tertiary/aromatic N) is 1. The van der Waals surface area contributed by atoms with Gasteiger partial charge in [0.25, 0.3) is 0 Å². The standard InChI is InChI=1S/C18H22N2O/c1-3-19-14-17-11-12-18(20-15(17)2)21-13-7-10-16-8-5-4-6-9-16/h4-12,19H,3,13-14H2,1-2H3/b10-7+. The smallest absolute Gasteiger partial charge is 0.213 e. The fourth-order valence-corrected chi connectivity index (χ4v) is 1.98. The van der Waals surface area contributed by atoms with E-state index in [-0.39, 0.29) is 0 Å². The average molecular weight is 282 g/mol. The number of pyridine rings is 1. The molecule has 1 aromatic carbocycles. The predicted octanol–water partition coefficient (Wildman–Crippen LogP) is 3.59. The lowest BCUT2D eigenvalue weighted by molar-refractivity contribution is 0.348. The molecule has 1 heterocycles. The molecule has 110 valence electrons. The fourth-order valence-electron chi connectivity index (χ4n) is 1.98. The maximum Gasteiger partial charge on any atom is 0.213 e. The lowest BCUT2D eigenvalue weighted by atomic mass is 10.2. The molecule has 0 spiro atoms. The van der Waals surface area contributed by atoms with E-state index in [4.69, 9.17) is 4.74 Å². The van der Waals surface area contributed by atoms with Crippen molar-refractivity contribution in [2.75, 3.05) is 13.2 Å². The number of nitrogens with one attached hydrogen (secondary N) is 1. The minimum Gasteiger partial charge on any atom is -0.473 e. The van der Waals surface area contributed by atoms with E-state index < -0.39 is 0 Å². The van der Waals surface area contributed by atoms with E-state index in [0.29, 0.717) is 12.5 Å². The molecule has 0 unspecified atom stereocenters. The normalized spacial score (nSPS) is 11.0. The Morgan fingerprint density at radius 3 is 2.67 bits per heavy atom. The second-order valence-corrected chi connectivity index (χ2v) is 4.80. The first-order valence-corrected chi connectivity index (χ1v) is 7.31. The summed E-state index contributed by atoms with van der Waals surface area (Å²) in [5, 5.41) is 3.30. The summed E-state index contributed by atoms with van der Waals surface area (Å²) in [5.41, 5.74) is 3.40. The van der Waals surface area contributed by atoms with Crippen molar-refractivity contribution in [3.63, 3.8) is 0 Å². The monoisotopic (exact) mass is 282 g/mol. The van der Waals surface area contributed by atoms with Gasteiger partial charge in [-0.05, 0) is 30.7 Å². The topological polar surface area (TPSA) is 34.1 Å². The first-order chi connectivity index (χ1) is 10.3. The van der Waals surface area contributed by atoms with Gasteiger partial charge in [-0.25, -0.2) is 4.98 Å². The summed E-state index contributed by atoms with van der Waals surface area (Å²) in [4.78, 5) is 4.47. The summed E-state index contributed by atoms with van der Waals surface area (Å²) in [7, 11) is 0. The highest BCUT2D eigenvalue weighted by molar-refractivity contribution is 5.48. The van der Waals surface area contributed by atoms with Crippen molar-refractivity contribution in [3.8, 4) is 5.88 Å². The third kappa shape index (κ3) is 5.04. The SMILES string of the molecule is CCNCc1ccc(OC/C=C/c2ccccc2)nc1C. The molecule has 2 aromatic rings. The number of aromatic nitrogens is 1. The van der Waals surface area contributed by atoms with Gasteiger partial charge in [-0.15, -0.1) is 0 Å². The third-order valence-electron chi connectivity index (χ3n) is 3.17. The molecule has 2 rings (SSSR count). The van der Waals surface area contributed by atoms with Crippen LogP contribution in [0.25, 0.3) is 6.08 Å². The molecule has 0 saturated heterocycles. The average Bonchev–Trinajstić information content (AvgIpc) is 2.52. The zero-order chi connectivity index (χ0) is 14.9. The van der Waals surface area contributed by atoms with Gasteiger partial charge in [-0.1, -0.05) is 49.4 Å². The first kappa shape index (κ1) is 15.3. The van der Waals surface area contributed by atoms with Crippen LogP contribution in [-0.4, -0.2) is 18.1 Å². The Balaban J connectivity index is 1.86. The van der Waals surface area contributed by atoms with Gasteiger partial charge < -0.3 is 10.1 Å². The molecule has 0 atom stereocenters. The van der Waals surface area contributed by atoms with Crippen LogP contribution in [0.4, 0.5) is 0 Å². The lowest BCUT2D eigenvalue weighted by Gasteiger charge is -2.08. The molecule has 21 heavy (non-hydrogen) atoms. The van der Waals surface area contributed by atoms with Crippen LogP contribution < -0.4 is 10.1 Å². The van der Waals surface area contributed by atoms with Gasteiger partial charge in [0.2, 0.25) is 5.88 Å². The van der Waals surface area contributed by atoms with Crippen LogP contribution in [0.1, 0.15) is 23.7 Å². The Bertz CT molecular complexity index is 579. The highest BCUT2D eigenvalue weighted by Gasteiger charge is 2.01. The van der Waals surface area contributed by atoms with Gasteiger partial charge in [-0.2, -0.15) is 0 Å². The van der Waals surface area contributed by atoms with Crippen LogP contribution in [0, 0.1) is 6.92 Å². The van der Waals surface area contributed by atoms with E-state index in [2.05, 4.69) is 35.4 Å². The minimum absolute atomic E-state index is 0.522. The zero-order valence-electron chi connectivity index (χ0n) is 12.7. The maximum atomic E-state index is 5.65. The van der Waals surface area contributed by atoms with E-state index in [0.717, 1.165) is 18.8 Å². The number of benzene rings is 1. The molecular formula is C18H22N2O. The molecule has 0 fully saturated rings. The van der Waals surface area contributed by atoms with Crippen LogP contribution in [0.15, 0.2) is 48.5 Å². The molecule has 0 amide bonds. The Hall–Kier alpha value is -2.13. The Morgan fingerprint density at radius 1 is 1.14 bits per heavy atom. The van der Waals surface area contributed by atoms with Crippen molar-refractivity contribution in [1.29, 1.82) is 0 Å². The molecule has 3 nitrogen and oxygen atoms in total. The summed E-state index contributed by atoms with van der Waals surface area (Å²) in [6.45, 7) is 6.44. The van der Waals surface area contributed by atoms with Gasteiger partial charge in [0.05, 0.1) is 0 Å². The van der Waals surface area contributed by atoms with Crippen molar-refractivity contribution in [2.24, 2.45) is 0 Å². The van der Waals surface area contributed by atoms with Crippen molar-refractivity contribution in [1.82, 2.24) is 10.3 Å². The second-order valence-electron chi connectivity index (χ2n) is 4.80. The van der Waals surface area contributed by atoms with Crippen LogP contribution in [-0.2, 0) is 6.54 Å². The van der Waals surface area contributed by atoms with Gasteiger partial charge in [0.1, 0.15) is 6.61 Å². The molecule has 0 aliphatic rings. The maximum absolute atomic E-state index is 5.65. The molecule has 3 heteroatoms. The Kier molecular flexibility index (Phi) is 5.98. The van der Waals surface area contributed by atoms with E-state index in [1.54, 1.807) is 0 Å². The van der Waals surface area contributed by atoms with Crippen LogP contribution in [0.3, 0.4) is 0 Å². The van der Waals surface area contributed by atoms with E-state index in [1.807, 2.05) is 43.3 Å². The number of hydrogen-bond donors (Lipinski definition) is 1. The van der Waals surface area contributed by atoms with Crippen molar-refractivity contribution < 1.29 is 4.74 Å². The summed E-state index contributed by atoms with van der Waals surface area (Å²) in [5.74, 6) is 0.672. The molecule has 0 radical (unpaired) electrons. The van der Waals surface area contributed by atoms with Crippen molar-refractivity contribution in [2.45, 2.75) is 20.4 Å². The van der Waals surface area contributed by atoms with Gasteiger partial charge in [-0.3, -0.25) is 0 Å². The van der Waals surface area contributed by atoms with Gasteiger partial charge in [0.15, 0.2) is 0 Å². The molecule has 0 saturated carbocycles. The molecular weight excluding hydrogens is 260 g/mol. The molecule has 1 N–H and O–H groups in total. The Morgan fingerprint density at radius 2 is 1.95 bits per heavy atom. The highest BCUT2D eigenvalue weighted by Crippen LogP contribution is 2.12. The third-order valence-corrected chi connectivity index (χ3v) is 3.17. The molecule has 0 bridgehead atoms. The summed E-state index contributed by atoms with van der Waals surface area (Å²) < 4.78 is 5.65. The van der Waals surface area contributed by atoms with Crippen molar-refractivity contribution >= 4 is 6.08 Å². The van der Waals surface area contributed by atoms with E-state index in [9.17, 15) is 0 Å². The Labute approximate surface area is 126 Å². The molecule has 0 aliphatic heterocycles. The zero-order valence-corrected chi connectivity index (χ0v) is 12.7. The fraction of sp³-hybridized carbons (Fsp3) is 0.278. The molecule has 0 aliphatic carbocycles. The van der Waals surface area contributed by atoms with Gasteiger partial charge in [0, 0.05) is 18.3 Å². The van der Waals surface area contributed by atoms with Crippen LogP contribution >= 0.6 is 0 Å². The van der Waals surface area contributed by atoms with E-state index in [1.165, 1.54) is 11.1 Å². The second kappa shape index (κ2) is 8.22. The number of aryl methyl sites for hydroxylation is 1. The summed E-state index contributed by atoms with van der Waals surface area (Å²) in [6, 6.07) is 14.2. The predicted molar refractivity (Wildman–Crippen MR) is 87.3 cm³/mol. The number of ether oxygens (including phenoxy) is 1. The quantitative estimate of drug-likeness (QED) is 0.842. The summed E-state index contributed by atoms with van der Waals surface area (Å²) in [6.07, 6.45) is 4.05. The lowest BCUT2D eigenvalue weighted by Crippen LogP contribution is -2.13. The summed E-state index contributed by atoms with van der Waals surface area (Å²) >= 11 is 0. The molecule has 1 aromatic heterocycles. The highest BCUT2D eigenvalue weighted by atomic mass is 16.5. The first-order valence-electron chi connectivity index (χ1n) is 7.31.